The SMILES string of the molecule is CS(=O)c1ncc2cc(C#N)c(=O)n(C3CCCC3)c2n1.Cc1cc(N)ncc1N1CCN(C(=O)OC(C)(C)C)CC1.N#Cc1cc2cnc(Nc3cc(C(F)(F)F)c(N4CCNCC4)cn3)nc2n(C2CCCC2)c1=O. The van der Waals surface area contributed by atoms with E-state index in [9.17, 15) is 37.0 Å². The molecule has 77 heavy (non-hydrogen) atoms. The van der Waals surface area contributed by atoms with E-state index in [4.69, 9.17) is 15.7 Å². The summed E-state index contributed by atoms with van der Waals surface area (Å²) in [5, 5.41) is 25.7. The first kappa shape index (κ1) is 55.5. The largest absolute Gasteiger partial charge is 0.444 e. The molecule has 0 bridgehead atoms. The van der Waals surface area contributed by atoms with Gasteiger partial charge < -0.3 is 35.8 Å². The van der Waals surface area contributed by atoms with Crippen molar-refractivity contribution in [1.29, 1.82) is 10.5 Å². The minimum absolute atomic E-state index is 0.00805. The van der Waals surface area contributed by atoms with Gasteiger partial charge in [0.2, 0.25) is 11.1 Å². The highest BCUT2D eigenvalue weighted by Gasteiger charge is 2.36. The van der Waals surface area contributed by atoms with Crippen LogP contribution in [0, 0.1) is 29.6 Å². The van der Waals surface area contributed by atoms with Crippen molar-refractivity contribution >= 4 is 67.9 Å². The van der Waals surface area contributed by atoms with Crippen molar-refractivity contribution < 1.29 is 26.9 Å². The predicted octanol–water partition coefficient (Wildman–Crippen LogP) is 6.89. The molecule has 8 heterocycles. The van der Waals surface area contributed by atoms with E-state index in [1.54, 1.807) is 20.6 Å². The van der Waals surface area contributed by atoms with Crippen LogP contribution in [0.2, 0.25) is 0 Å². The lowest BCUT2D eigenvalue weighted by Gasteiger charge is -2.37. The van der Waals surface area contributed by atoms with E-state index in [1.165, 1.54) is 41.5 Å². The lowest BCUT2D eigenvalue weighted by molar-refractivity contribution is -0.137. The van der Waals surface area contributed by atoms with Gasteiger partial charge in [0.15, 0.2) is 0 Å². The number of fused-ring (bicyclic) bond motifs is 2. The Kier molecular flexibility index (Phi) is 17.0. The van der Waals surface area contributed by atoms with Crippen LogP contribution in [0.3, 0.4) is 0 Å². The average molecular weight is 1080 g/mol. The highest BCUT2D eigenvalue weighted by molar-refractivity contribution is 7.84. The van der Waals surface area contributed by atoms with Gasteiger partial charge in [-0.3, -0.25) is 22.9 Å². The van der Waals surface area contributed by atoms with Crippen LogP contribution in [0.25, 0.3) is 22.1 Å². The molecule has 25 heteroatoms. The number of halogens is 3. The van der Waals surface area contributed by atoms with E-state index in [1.807, 2.05) is 45.9 Å². The number of anilines is 5. The number of carbonyl (C=O) groups excluding carboxylic acids is 1. The van der Waals surface area contributed by atoms with Gasteiger partial charge >= 0.3 is 12.3 Å². The zero-order valence-electron chi connectivity index (χ0n) is 43.6. The fourth-order valence-corrected chi connectivity index (χ4v) is 10.4. The maximum absolute atomic E-state index is 13.9. The number of nitriles is 2. The summed E-state index contributed by atoms with van der Waals surface area (Å²) in [5.74, 6) is 0.492. The van der Waals surface area contributed by atoms with Crippen molar-refractivity contribution in [3.63, 3.8) is 0 Å². The molecular weight excluding hydrogens is 1020 g/mol. The second kappa shape index (κ2) is 23.6. The first-order valence-electron chi connectivity index (χ1n) is 25.5. The third-order valence-corrected chi connectivity index (χ3v) is 14.4. The first-order chi connectivity index (χ1) is 36.7. The van der Waals surface area contributed by atoms with Crippen LogP contribution >= 0.6 is 0 Å². The predicted molar refractivity (Wildman–Crippen MR) is 285 cm³/mol. The lowest BCUT2D eigenvalue weighted by atomic mass is 10.1. The zero-order valence-corrected chi connectivity index (χ0v) is 44.4. The van der Waals surface area contributed by atoms with Crippen molar-refractivity contribution in [3.8, 4) is 12.1 Å². The van der Waals surface area contributed by atoms with Gasteiger partial charge in [0.25, 0.3) is 11.1 Å². The molecule has 10 rings (SSSR count). The summed E-state index contributed by atoms with van der Waals surface area (Å²) >= 11 is 0. The third kappa shape index (κ3) is 13.1. The van der Waals surface area contributed by atoms with Crippen LogP contribution in [-0.2, 0) is 21.7 Å². The molecule has 2 saturated heterocycles. The van der Waals surface area contributed by atoms with Gasteiger partial charge in [-0.1, -0.05) is 25.7 Å². The number of aryl methyl sites for hydroxylation is 1. The second-order valence-corrected chi connectivity index (χ2v) is 21.5. The topological polar surface area (TPSA) is 272 Å². The standard InChI is InChI=1S/C23H23F3N8O.C15H24N4O2.C14H14N4O2S/c24-23(25,26)17-10-19(29-13-18(17)33-7-5-28-6-8-33)31-22-30-12-15-9-14(11-27)21(35)34(20(15)32-22)16-3-1-2-4-16;1-11-9-13(16)17-10-12(11)18-5-7-19(8-6-18)14(20)21-15(2,3)4;1-21(20)14-16-8-10-6-9(7-15)13(19)18(12(10)17-14)11-4-2-3-5-11/h9-10,12-13,16,28H,1-8H2,(H,29,30,31,32);9-10H,5-8H2,1-4H3,(H2,16,17);6,8,11H,2-5H2,1H3. The lowest BCUT2D eigenvalue weighted by Crippen LogP contribution is -2.50. The summed E-state index contributed by atoms with van der Waals surface area (Å²) in [6.07, 6.45) is 10.1. The molecule has 1 unspecified atom stereocenters. The van der Waals surface area contributed by atoms with Crippen molar-refractivity contribution in [1.82, 2.24) is 49.3 Å². The second-order valence-electron chi connectivity index (χ2n) is 20.2. The maximum Gasteiger partial charge on any atom is 0.418 e. The molecule has 4 N–H and O–H groups in total. The number of hydrogen-bond donors (Lipinski definition) is 3. The van der Waals surface area contributed by atoms with Gasteiger partial charge in [-0.2, -0.15) is 28.7 Å². The number of aromatic nitrogens is 8. The van der Waals surface area contributed by atoms with Crippen LogP contribution in [0.5, 0.6) is 0 Å². The number of amides is 1. The molecular formula is C52H61F3N16O5S. The van der Waals surface area contributed by atoms with Gasteiger partial charge in [-0.25, -0.2) is 29.7 Å². The number of ether oxygens (including phenoxy) is 1. The number of nitrogens with zero attached hydrogens (tertiary/aromatic N) is 13. The number of alkyl halides is 3. The van der Waals surface area contributed by atoms with Crippen molar-refractivity contribution in [2.24, 2.45) is 0 Å². The van der Waals surface area contributed by atoms with E-state index in [0.29, 0.717) is 67.2 Å². The fraction of sp³-hybridized carbons (Fsp3) is 0.481. The molecule has 4 fully saturated rings. The summed E-state index contributed by atoms with van der Waals surface area (Å²) in [6.45, 7) is 12.6. The van der Waals surface area contributed by atoms with Gasteiger partial charge in [0.05, 0.1) is 40.1 Å². The normalized spacial score (nSPS) is 16.7. The molecule has 0 radical (unpaired) electrons. The van der Waals surface area contributed by atoms with E-state index < -0.39 is 33.7 Å². The van der Waals surface area contributed by atoms with Crippen LogP contribution in [-0.4, -0.2) is 118 Å². The number of hydrogen-bond acceptors (Lipinski definition) is 18. The molecule has 21 nitrogen and oxygen atoms in total. The monoisotopic (exact) mass is 1080 g/mol. The van der Waals surface area contributed by atoms with Crippen LogP contribution < -0.4 is 37.3 Å². The molecule has 0 spiro atoms. The van der Waals surface area contributed by atoms with Crippen LogP contribution in [0.4, 0.5) is 46.9 Å². The Bertz CT molecular complexity index is 3380. The summed E-state index contributed by atoms with van der Waals surface area (Å²) in [5.41, 5.74) is 6.83. The fourth-order valence-electron chi connectivity index (χ4n) is 9.96. The first-order valence-corrected chi connectivity index (χ1v) is 27.0. The Balaban J connectivity index is 0.000000162. The Morgan fingerprint density at radius 3 is 1.81 bits per heavy atom. The molecule has 2 aliphatic heterocycles. The smallest absolute Gasteiger partial charge is 0.418 e. The molecule has 2 saturated carbocycles. The molecule has 0 aromatic carbocycles. The Morgan fingerprint density at radius 1 is 0.753 bits per heavy atom. The Hall–Kier alpha value is -7.77. The van der Waals surface area contributed by atoms with E-state index in [-0.39, 0.29) is 57.5 Å². The van der Waals surface area contributed by atoms with E-state index >= 15 is 0 Å². The molecule has 2 aliphatic carbocycles. The summed E-state index contributed by atoms with van der Waals surface area (Å²) in [7, 11) is -1.31. The van der Waals surface area contributed by atoms with E-state index in [2.05, 4.69) is 45.4 Å². The van der Waals surface area contributed by atoms with Gasteiger partial charge in [0.1, 0.15) is 51.8 Å². The number of rotatable bonds is 7. The minimum atomic E-state index is -4.57. The highest BCUT2D eigenvalue weighted by atomic mass is 32.2. The summed E-state index contributed by atoms with van der Waals surface area (Å²) < 4.78 is 61.7. The van der Waals surface area contributed by atoms with Crippen molar-refractivity contribution in [3.05, 3.63) is 92.0 Å². The summed E-state index contributed by atoms with van der Waals surface area (Å²) in [6, 6.07) is 9.61. The number of nitrogens with two attached hydrogens (primary N) is 1. The van der Waals surface area contributed by atoms with Crippen molar-refractivity contribution in [2.75, 3.05) is 79.5 Å². The number of piperazine rings is 2. The number of nitrogens with one attached hydrogen (secondary N) is 2. The Labute approximate surface area is 444 Å². The van der Waals surface area contributed by atoms with Gasteiger partial charge in [-0.05, 0) is 83.2 Å². The minimum Gasteiger partial charge on any atom is -0.444 e. The Morgan fingerprint density at radius 2 is 1.29 bits per heavy atom. The highest BCUT2D eigenvalue weighted by Crippen LogP contribution is 2.38. The molecule has 406 valence electrons. The molecule has 6 aromatic heterocycles. The van der Waals surface area contributed by atoms with Crippen LogP contribution in [0.15, 0.2) is 63.8 Å². The zero-order chi connectivity index (χ0) is 55.2. The molecule has 1 amide bonds. The summed E-state index contributed by atoms with van der Waals surface area (Å²) in [4.78, 5) is 68.4. The molecule has 4 aliphatic rings. The van der Waals surface area contributed by atoms with Crippen molar-refractivity contribution in [2.45, 2.75) is 108 Å². The molecule has 6 aromatic rings. The number of pyridine rings is 4. The van der Waals surface area contributed by atoms with Crippen LogP contribution in [0.1, 0.15) is 106 Å². The quantitative estimate of drug-likeness (QED) is 0.137. The third-order valence-electron chi connectivity index (χ3n) is 13.7. The van der Waals surface area contributed by atoms with Gasteiger partial charge in [-0.15, -0.1) is 0 Å². The van der Waals surface area contributed by atoms with Gasteiger partial charge in [0, 0.05) is 93.9 Å². The number of nitrogen functional groups attached to an aromatic ring is 1. The maximum atomic E-state index is 13.9. The van der Waals surface area contributed by atoms with E-state index in [0.717, 1.165) is 81.8 Å². The number of carbonyl (C=O) groups is 1. The molecule has 1 atom stereocenters. The average Bonchev–Trinajstić information content (AvgIpc) is 4.15.